The first-order chi connectivity index (χ1) is 10.1. The Hall–Kier alpha value is -2.21. The second-order valence-electron chi connectivity index (χ2n) is 5.51. The van der Waals surface area contributed by atoms with Crippen LogP contribution in [0.3, 0.4) is 0 Å². The molecule has 0 aliphatic carbocycles. The molecule has 1 aliphatic heterocycles. The summed E-state index contributed by atoms with van der Waals surface area (Å²) < 4.78 is 0. The maximum Gasteiger partial charge on any atom is 0.278 e. The number of non-ortho nitro benzene ring substituents is 1. The first-order valence-electron chi connectivity index (χ1n) is 7.17. The van der Waals surface area contributed by atoms with Crippen molar-refractivity contribution in [3.05, 3.63) is 40.6 Å². The van der Waals surface area contributed by atoms with Crippen molar-refractivity contribution in [2.75, 3.05) is 11.9 Å². The zero-order valence-electron chi connectivity index (χ0n) is 11.9. The Kier molecular flexibility index (Phi) is 3.70. The first-order valence-corrected chi connectivity index (χ1v) is 7.17. The SMILES string of the molecule is CC1CC(Nc2ccc([N+](=O)[O-])c3cccnc23)CCN1. The minimum Gasteiger partial charge on any atom is -0.380 e. The highest BCUT2D eigenvalue weighted by Gasteiger charge is 2.20. The maximum absolute atomic E-state index is 11.1. The number of anilines is 1. The summed E-state index contributed by atoms with van der Waals surface area (Å²) in [6.45, 7) is 3.15. The third-order valence-electron chi connectivity index (χ3n) is 3.93. The second kappa shape index (κ2) is 5.65. The Morgan fingerprint density at radius 3 is 3.05 bits per heavy atom. The van der Waals surface area contributed by atoms with Crippen LogP contribution in [-0.4, -0.2) is 28.5 Å². The summed E-state index contributed by atoms with van der Waals surface area (Å²) in [5, 5.41) is 18.6. The van der Waals surface area contributed by atoms with E-state index in [9.17, 15) is 10.1 Å². The summed E-state index contributed by atoms with van der Waals surface area (Å²) in [6.07, 6.45) is 3.74. The summed E-state index contributed by atoms with van der Waals surface area (Å²) in [5.74, 6) is 0. The Balaban J connectivity index is 1.96. The van der Waals surface area contributed by atoms with Crippen LogP contribution >= 0.6 is 0 Å². The Bertz CT molecular complexity index is 674. The van der Waals surface area contributed by atoms with E-state index >= 15 is 0 Å². The van der Waals surface area contributed by atoms with Gasteiger partial charge in [-0.2, -0.15) is 0 Å². The van der Waals surface area contributed by atoms with Crippen molar-refractivity contribution >= 4 is 22.3 Å². The van der Waals surface area contributed by atoms with E-state index in [-0.39, 0.29) is 10.6 Å². The predicted molar refractivity (Wildman–Crippen MR) is 82.5 cm³/mol. The number of rotatable bonds is 3. The molecule has 0 saturated carbocycles. The van der Waals surface area contributed by atoms with E-state index in [4.69, 9.17) is 0 Å². The molecule has 1 saturated heterocycles. The fourth-order valence-corrected chi connectivity index (χ4v) is 2.92. The number of nitrogens with zero attached hydrogens (tertiary/aromatic N) is 2. The van der Waals surface area contributed by atoms with Gasteiger partial charge in [0.2, 0.25) is 0 Å². The van der Waals surface area contributed by atoms with Gasteiger partial charge in [0.25, 0.3) is 5.69 Å². The van der Waals surface area contributed by atoms with Gasteiger partial charge in [-0.3, -0.25) is 15.1 Å². The number of piperidine rings is 1. The molecule has 1 aromatic carbocycles. The van der Waals surface area contributed by atoms with E-state index < -0.39 is 0 Å². The average molecular weight is 286 g/mol. The van der Waals surface area contributed by atoms with Crippen molar-refractivity contribution in [1.82, 2.24) is 10.3 Å². The molecular weight excluding hydrogens is 268 g/mol. The minimum atomic E-state index is -0.361. The van der Waals surface area contributed by atoms with Crippen LogP contribution in [0.1, 0.15) is 19.8 Å². The standard InChI is InChI=1S/C15H18N4O2/c1-10-9-11(6-8-16-10)18-13-4-5-14(19(20)21)12-3-2-7-17-15(12)13/h2-5,7,10-11,16,18H,6,8-9H2,1H3. The van der Waals surface area contributed by atoms with Crippen LogP contribution in [0.2, 0.25) is 0 Å². The molecule has 6 heteroatoms. The average Bonchev–Trinajstić information content (AvgIpc) is 2.47. The number of fused-ring (bicyclic) bond motifs is 1. The lowest BCUT2D eigenvalue weighted by atomic mass is 10.00. The molecular formula is C15H18N4O2. The maximum atomic E-state index is 11.1. The zero-order chi connectivity index (χ0) is 14.8. The molecule has 2 heterocycles. The minimum absolute atomic E-state index is 0.0994. The topological polar surface area (TPSA) is 80.1 Å². The smallest absolute Gasteiger partial charge is 0.278 e. The quantitative estimate of drug-likeness (QED) is 0.670. The molecule has 0 radical (unpaired) electrons. The van der Waals surface area contributed by atoms with Crippen LogP contribution in [0.4, 0.5) is 11.4 Å². The van der Waals surface area contributed by atoms with E-state index in [0.717, 1.165) is 25.1 Å². The highest BCUT2D eigenvalue weighted by molar-refractivity contribution is 5.96. The summed E-state index contributed by atoms with van der Waals surface area (Å²) >= 11 is 0. The molecule has 2 atom stereocenters. The third-order valence-corrected chi connectivity index (χ3v) is 3.93. The van der Waals surface area contributed by atoms with Gasteiger partial charge < -0.3 is 10.6 Å². The molecule has 2 aromatic rings. The number of hydrogen-bond acceptors (Lipinski definition) is 5. The molecule has 0 amide bonds. The van der Waals surface area contributed by atoms with Crippen LogP contribution in [-0.2, 0) is 0 Å². The fraction of sp³-hybridized carbons (Fsp3) is 0.400. The molecule has 3 rings (SSSR count). The van der Waals surface area contributed by atoms with Crippen LogP contribution < -0.4 is 10.6 Å². The number of nitro benzene ring substituents is 1. The summed E-state index contributed by atoms with van der Waals surface area (Å²) in [7, 11) is 0. The van der Waals surface area contributed by atoms with Crippen molar-refractivity contribution in [3.8, 4) is 0 Å². The lowest BCUT2D eigenvalue weighted by molar-refractivity contribution is -0.383. The molecule has 6 nitrogen and oxygen atoms in total. The molecule has 1 fully saturated rings. The van der Waals surface area contributed by atoms with Gasteiger partial charge >= 0.3 is 0 Å². The van der Waals surface area contributed by atoms with E-state index in [2.05, 4.69) is 22.5 Å². The molecule has 0 spiro atoms. The molecule has 110 valence electrons. The van der Waals surface area contributed by atoms with Gasteiger partial charge in [-0.15, -0.1) is 0 Å². The van der Waals surface area contributed by atoms with Crippen molar-refractivity contribution in [1.29, 1.82) is 0 Å². The van der Waals surface area contributed by atoms with Crippen LogP contribution in [0.15, 0.2) is 30.5 Å². The Morgan fingerprint density at radius 1 is 1.43 bits per heavy atom. The molecule has 0 bridgehead atoms. The van der Waals surface area contributed by atoms with E-state index in [1.165, 1.54) is 0 Å². The molecule has 1 aromatic heterocycles. The number of hydrogen-bond donors (Lipinski definition) is 2. The fourth-order valence-electron chi connectivity index (χ4n) is 2.92. The predicted octanol–water partition coefficient (Wildman–Crippen LogP) is 2.70. The number of nitro groups is 1. The third kappa shape index (κ3) is 2.80. The molecule has 1 aliphatic rings. The largest absolute Gasteiger partial charge is 0.380 e. The van der Waals surface area contributed by atoms with E-state index in [1.807, 2.05) is 0 Å². The Morgan fingerprint density at radius 2 is 2.29 bits per heavy atom. The highest BCUT2D eigenvalue weighted by atomic mass is 16.6. The lowest BCUT2D eigenvalue weighted by Gasteiger charge is -2.29. The van der Waals surface area contributed by atoms with Gasteiger partial charge in [-0.1, -0.05) is 0 Å². The monoisotopic (exact) mass is 286 g/mol. The van der Waals surface area contributed by atoms with Crippen LogP contribution in [0.5, 0.6) is 0 Å². The number of nitrogens with one attached hydrogen (secondary N) is 2. The van der Waals surface area contributed by atoms with Crippen LogP contribution in [0, 0.1) is 10.1 Å². The van der Waals surface area contributed by atoms with Crippen LogP contribution in [0.25, 0.3) is 10.9 Å². The Labute approximate surface area is 122 Å². The van der Waals surface area contributed by atoms with Gasteiger partial charge in [0.05, 0.1) is 16.0 Å². The molecule has 21 heavy (non-hydrogen) atoms. The number of benzene rings is 1. The normalized spacial score (nSPS) is 22.1. The summed E-state index contributed by atoms with van der Waals surface area (Å²) in [4.78, 5) is 15.1. The zero-order valence-corrected chi connectivity index (χ0v) is 11.9. The second-order valence-corrected chi connectivity index (χ2v) is 5.51. The van der Waals surface area contributed by atoms with Gasteiger partial charge in [-0.25, -0.2) is 0 Å². The number of aromatic nitrogens is 1. The van der Waals surface area contributed by atoms with Gasteiger partial charge in [0.1, 0.15) is 5.52 Å². The summed E-state index contributed by atoms with van der Waals surface area (Å²) in [5.41, 5.74) is 1.63. The lowest BCUT2D eigenvalue weighted by Crippen LogP contribution is -2.41. The highest BCUT2D eigenvalue weighted by Crippen LogP contribution is 2.30. The van der Waals surface area contributed by atoms with E-state index in [0.29, 0.717) is 23.0 Å². The van der Waals surface area contributed by atoms with Crippen molar-refractivity contribution in [3.63, 3.8) is 0 Å². The van der Waals surface area contributed by atoms with Gasteiger partial charge in [0.15, 0.2) is 0 Å². The van der Waals surface area contributed by atoms with Crippen molar-refractivity contribution < 1.29 is 4.92 Å². The van der Waals surface area contributed by atoms with Crippen molar-refractivity contribution in [2.45, 2.75) is 31.8 Å². The first kappa shape index (κ1) is 13.8. The summed E-state index contributed by atoms with van der Waals surface area (Å²) in [6, 6.07) is 7.64. The van der Waals surface area contributed by atoms with Gasteiger partial charge in [0, 0.05) is 24.3 Å². The van der Waals surface area contributed by atoms with Crippen molar-refractivity contribution in [2.24, 2.45) is 0 Å². The van der Waals surface area contributed by atoms with E-state index in [1.54, 1.807) is 30.5 Å². The number of pyridine rings is 1. The molecule has 2 unspecified atom stereocenters. The molecule has 2 N–H and O–H groups in total. The van der Waals surface area contributed by atoms with Gasteiger partial charge in [-0.05, 0) is 44.5 Å².